The van der Waals surface area contributed by atoms with Crippen molar-refractivity contribution in [3.05, 3.63) is 29.3 Å². The highest BCUT2D eigenvalue weighted by Gasteiger charge is 2.21. The molecule has 0 fully saturated rings. The molecule has 1 unspecified atom stereocenters. The van der Waals surface area contributed by atoms with Crippen LogP contribution in [0.5, 0.6) is 5.75 Å². The van der Waals surface area contributed by atoms with Crippen LogP contribution in [0.2, 0.25) is 5.02 Å². The highest BCUT2D eigenvalue weighted by molar-refractivity contribution is 6.32. The number of para-hydroxylation sites is 1. The number of carboxylic acid groups (broad SMARTS) is 1. The van der Waals surface area contributed by atoms with Gasteiger partial charge in [0.25, 0.3) is 0 Å². The zero-order valence-corrected chi connectivity index (χ0v) is 13.0. The number of rotatable bonds is 8. The van der Waals surface area contributed by atoms with Crippen molar-refractivity contribution >= 4 is 23.5 Å². The molecule has 5 nitrogen and oxygen atoms in total. The van der Waals surface area contributed by atoms with Gasteiger partial charge in [0.05, 0.1) is 18.1 Å². The highest BCUT2D eigenvalue weighted by Crippen LogP contribution is 2.23. The van der Waals surface area contributed by atoms with E-state index in [-0.39, 0.29) is 31.5 Å². The summed E-state index contributed by atoms with van der Waals surface area (Å²) in [5.74, 6) is -0.741. The van der Waals surface area contributed by atoms with E-state index in [4.69, 9.17) is 21.4 Å². The van der Waals surface area contributed by atoms with Crippen molar-refractivity contribution in [2.75, 3.05) is 13.2 Å². The zero-order chi connectivity index (χ0) is 15.8. The van der Waals surface area contributed by atoms with Gasteiger partial charge in [-0.05, 0) is 25.5 Å². The van der Waals surface area contributed by atoms with Crippen LogP contribution in [0, 0.1) is 0 Å². The molecule has 0 radical (unpaired) electrons. The lowest BCUT2D eigenvalue weighted by Gasteiger charge is -2.27. The van der Waals surface area contributed by atoms with Crippen molar-refractivity contribution in [1.29, 1.82) is 0 Å². The lowest BCUT2D eigenvalue weighted by molar-refractivity contribution is -0.146. The molecule has 0 saturated heterocycles. The maximum absolute atomic E-state index is 12.1. The third kappa shape index (κ3) is 5.63. The molecule has 1 atom stereocenters. The Labute approximate surface area is 129 Å². The average molecular weight is 314 g/mol. The van der Waals surface area contributed by atoms with Gasteiger partial charge in [0.2, 0.25) is 5.91 Å². The van der Waals surface area contributed by atoms with E-state index in [0.29, 0.717) is 17.2 Å². The summed E-state index contributed by atoms with van der Waals surface area (Å²) >= 11 is 5.95. The molecule has 1 aromatic carbocycles. The molecule has 0 spiro atoms. The van der Waals surface area contributed by atoms with E-state index in [2.05, 4.69) is 0 Å². The third-order valence-corrected chi connectivity index (χ3v) is 3.47. The summed E-state index contributed by atoms with van der Waals surface area (Å²) in [4.78, 5) is 24.3. The van der Waals surface area contributed by atoms with Crippen LogP contribution < -0.4 is 4.74 Å². The molecule has 116 valence electrons. The Morgan fingerprint density at radius 3 is 2.62 bits per heavy atom. The normalized spacial score (nSPS) is 11.8. The summed E-state index contributed by atoms with van der Waals surface area (Å²) in [7, 11) is 0. The van der Waals surface area contributed by atoms with Gasteiger partial charge < -0.3 is 14.7 Å². The van der Waals surface area contributed by atoms with Gasteiger partial charge in [-0.25, -0.2) is 0 Å². The van der Waals surface area contributed by atoms with Gasteiger partial charge in [-0.2, -0.15) is 0 Å². The Balaban J connectivity index is 2.54. The van der Waals surface area contributed by atoms with E-state index in [0.717, 1.165) is 0 Å². The first-order valence-electron chi connectivity index (χ1n) is 6.84. The smallest absolute Gasteiger partial charge is 0.323 e. The predicted molar refractivity (Wildman–Crippen MR) is 80.7 cm³/mol. The number of hydrogen-bond donors (Lipinski definition) is 1. The van der Waals surface area contributed by atoms with Crippen LogP contribution >= 0.6 is 11.6 Å². The fraction of sp³-hybridized carbons (Fsp3) is 0.467. The number of hydrogen-bond acceptors (Lipinski definition) is 3. The van der Waals surface area contributed by atoms with Gasteiger partial charge in [-0.3, -0.25) is 9.59 Å². The number of carboxylic acids is 1. The van der Waals surface area contributed by atoms with Crippen molar-refractivity contribution in [2.24, 2.45) is 0 Å². The van der Waals surface area contributed by atoms with Crippen molar-refractivity contribution in [3.8, 4) is 5.75 Å². The molecule has 1 rings (SSSR count). The van der Waals surface area contributed by atoms with Gasteiger partial charge >= 0.3 is 5.97 Å². The fourth-order valence-corrected chi connectivity index (χ4v) is 2.00. The molecule has 0 aliphatic rings. The monoisotopic (exact) mass is 313 g/mol. The average Bonchev–Trinajstić information content (AvgIpc) is 2.45. The highest BCUT2D eigenvalue weighted by atomic mass is 35.5. The van der Waals surface area contributed by atoms with Crippen molar-refractivity contribution in [2.45, 2.75) is 32.7 Å². The number of ether oxygens (including phenoxy) is 1. The van der Waals surface area contributed by atoms with Gasteiger partial charge in [0, 0.05) is 6.04 Å². The van der Waals surface area contributed by atoms with Crippen molar-refractivity contribution < 1.29 is 19.4 Å². The van der Waals surface area contributed by atoms with Crippen LogP contribution in [0.3, 0.4) is 0 Å². The fourth-order valence-electron chi connectivity index (χ4n) is 1.81. The van der Waals surface area contributed by atoms with Gasteiger partial charge in [-0.15, -0.1) is 0 Å². The zero-order valence-electron chi connectivity index (χ0n) is 12.2. The van der Waals surface area contributed by atoms with E-state index in [1.807, 2.05) is 13.8 Å². The lowest BCUT2D eigenvalue weighted by Crippen LogP contribution is -2.42. The van der Waals surface area contributed by atoms with E-state index in [1.165, 1.54) is 4.90 Å². The second-order valence-corrected chi connectivity index (χ2v) is 5.11. The molecule has 1 amide bonds. The molecule has 0 aliphatic carbocycles. The standard InChI is InChI=1S/C15H20ClNO4/c1-3-11(2)17(10-15(19)20)14(18)8-9-21-13-7-5-4-6-12(13)16/h4-7,11H,3,8-10H2,1-2H3,(H,19,20). The Morgan fingerprint density at radius 1 is 1.38 bits per heavy atom. The number of aliphatic carboxylic acids is 1. The summed E-state index contributed by atoms with van der Waals surface area (Å²) in [5, 5.41) is 9.36. The molecule has 0 aliphatic heterocycles. The molecule has 0 saturated carbocycles. The molecule has 0 bridgehead atoms. The number of amides is 1. The molecule has 0 heterocycles. The molecule has 6 heteroatoms. The number of carbonyl (C=O) groups excluding carboxylic acids is 1. The number of carbonyl (C=O) groups is 2. The predicted octanol–water partition coefficient (Wildman–Crippen LogP) is 2.82. The second kappa shape index (κ2) is 8.52. The molecule has 0 aromatic heterocycles. The van der Waals surface area contributed by atoms with Gasteiger partial charge in [0.1, 0.15) is 12.3 Å². The largest absolute Gasteiger partial charge is 0.491 e. The Bertz CT molecular complexity index is 492. The Kier molecular flexibility index (Phi) is 7.02. The molecular weight excluding hydrogens is 294 g/mol. The minimum Gasteiger partial charge on any atom is -0.491 e. The van der Waals surface area contributed by atoms with Crippen LogP contribution in [-0.2, 0) is 9.59 Å². The van der Waals surface area contributed by atoms with E-state index in [1.54, 1.807) is 24.3 Å². The van der Waals surface area contributed by atoms with Crippen LogP contribution in [0.25, 0.3) is 0 Å². The SMILES string of the molecule is CCC(C)N(CC(=O)O)C(=O)CCOc1ccccc1Cl. The maximum Gasteiger partial charge on any atom is 0.323 e. The lowest BCUT2D eigenvalue weighted by atomic mass is 10.2. The Hall–Kier alpha value is -1.75. The summed E-state index contributed by atoms with van der Waals surface area (Å²) in [5.41, 5.74) is 0. The van der Waals surface area contributed by atoms with Crippen molar-refractivity contribution in [3.63, 3.8) is 0 Å². The van der Waals surface area contributed by atoms with E-state index in [9.17, 15) is 9.59 Å². The topological polar surface area (TPSA) is 66.8 Å². The second-order valence-electron chi connectivity index (χ2n) is 4.70. The molecule has 21 heavy (non-hydrogen) atoms. The number of nitrogens with zero attached hydrogens (tertiary/aromatic N) is 1. The summed E-state index contributed by atoms with van der Waals surface area (Å²) in [6.07, 6.45) is 0.813. The minimum atomic E-state index is -1.02. The Morgan fingerprint density at radius 2 is 2.05 bits per heavy atom. The molecule has 1 aromatic rings. The van der Waals surface area contributed by atoms with E-state index < -0.39 is 5.97 Å². The summed E-state index contributed by atoms with van der Waals surface area (Å²) < 4.78 is 5.45. The maximum atomic E-state index is 12.1. The summed E-state index contributed by atoms with van der Waals surface area (Å²) in [6, 6.07) is 6.89. The van der Waals surface area contributed by atoms with Crippen LogP contribution in [-0.4, -0.2) is 41.1 Å². The van der Waals surface area contributed by atoms with Crippen LogP contribution in [0.1, 0.15) is 26.7 Å². The van der Waals surface area contributed by atoms with Crippen LogP contribution in [0.15, 0.2) is 24.3 Å². The number of benzene rings is 1. The number of halogens is 1. The van der Waals surface area contributed by atoms with Crippen LogP contribution in [0.4, 0.5) is 0 Å². The van der Waals surface area contributed by atoms with Gasteiger partial charge in [0.15, 0.2) is 0 Å². The first-order valence-corrected chi connectivity index (χ1v) is 7.22. The quantitative estimate of drug-likeness (QED) is 0.801. The molecule has 1 N–H and O–H groups in total. The first-order chi connectivity index (χ1) is 9.95. The third-order valence-electron chi connectivity index (χ3n) is 3.16. The van der Waals surface area contributed by atoms with Gasteiger partial charge in [-0.1, -0.05) is 30.7 Å². The first kappa shape index (κ1) is 17.3. The minimum absolute atomic E-state index is 0.114. The molecular formula is C15H20ClNO4. The van der Waals surface area contributed by atoms with Crippen molar-refractivity contribution in [1.82, 2.24) is 4.90 Å². The summed E-state index contributed by atoms with van der Waals surface area (Å²) in [6.45, 7) is 3.61. The van der Waals surface area contributed by atoms with E-state index >= 15 is 0 Å².